The lowest BCUT2D eigenvalue weighted by Crippen LogP contribution is -1.81. The van der Waals surface area contributed by atoms with Gasteiger partial charge in [0, 0.05) is 12.5 Å². The van der Waals surface area contributed by atoms with E-state index in [4.69, 9.17) is 4.42 Å². The summed E-state index contributed by atoms with van der Waals surface area (Å²) in [4.78, 5) is 4.21. The van der Waals surface area contributed by atoms with E-state index in [0.29, 0.717) is 17.1 Å². The molecule has 1 aromatic heterocycles. The Morgan fingerprint density at radius 1 is 1.21 bits per heavy atom. The standard InChI is InChI=1S/C11H11NO2/c1-7-11(12-8(2)14-7)9-5-3-4-6-10(9)13/h3-6,13H,1-2H3. The maximum Gasteiger partial charge on any atom is 0.191 e. The lowest BCUT2D eigenvalue weighted by Gasteiger charge is -1.99. The third kappa shape index (κ3) is 1.37. The molecule has 2 rings (SSSR count). The van der Waals surface area contributed by atoms with Gasteiger partial charge in [0.15, 0.2) is 5.89 Å². The number of aromatic hydroxyl groups is 1. The van der Waals surface area contributed by atoms with Gasteiger partial charge >= 0.3 is 0 Å². The summed E-state index contributed by atoms with van der Waals surface area (Å²) in [6.07, 6.45) is 0. The molecule has 14 heavy (non-hydrogen) atoms. The van der Waals surface area contributed by atoms with Crippen molar-refractivity contribution in [2.45, 2.75) is 13.8 Å². The summed E-state index contributed by atoms with van der Waals surface area (Å²) in [5, 5.41) is 9.62. The largest absolute Gasteiger partial charge is 0.507 e. The first kappa shape index (κ1) is 8.81. The van der Waals surface area contributed by atoms with Gasteiger partial charge in [-0.25, -0.2) is 4.98 Å². The third-order valence-corrected chi connectivity index (χ3v) is 2.06. The molecule has 3 heteroatoms. The van der Waals surface area contributed by atoms with Crippen LogP contribution in [0.3, 0.4) is 0 Å². The zero-order valence-electron chi connectivity index (χ0n) is 8.11. The predicted octanol–water partition coefficient (Wildman–Crippen LogP) is 2.66. The minimum atomic E-state index is 0.226. The van der Waals surface area contributed by atoms with Crippen LogP contribution < -0.4 is 0 Å². The molecule has 1 aromatic carbocycles. The van der Waals surface area contributed by atoms with E-state index in [9.17, 15) is 5.11 Å². The fourth-order valence-electron chi connectivity index (χ4n) is 1.45. The highest BCUT2D eigenvalue weighted by Gasteiger charge is 2.11. The Labute approximate surface area is 82.0 Å². The molecule has 1 heterocycles. The molecule has 0 amide bonds. The normalized spacial score (nSPS) is 10.4. The van der Waals surface area contributed by atoms with Crippen LogP contribution in [0.5, 0.6) is 5.75 Å². The molecule has 0 radical (unpaired) electrons. The number of aryl methyl sites for hydroxylation is 2. The summed E-state index contributed by atoms with van der Waals surface area (Å²) >= 11 is 0. The maximum absolute atomic E-state index is 9.62. The van der Waals surface area contributed by atoms with Crippen molar-refractivity contribution in [3.8, 4) is 17.0 Å². The van der Waals surface area contributed by atoms with Crippen molar-refractivity contribution in [1.82, 2.24) is 4.98 Å². The van der Waals surface area contributed by atoms with Crippen molar-refractivity contribution in [2.75, 3.05) is 0 Å². The van der Waals surface area contributed by atoms with E-state index in [1.807, 2.05) is 19.1 Å². The molecule has 0 saturated carbocycles. The number of benzene rings is 1. The summed E-state index contributed by atoms with van der Waals surface area (Å²) in [6, 6.07) is 7.10. The van der Waals surface area contributed by atoms with Crippen molar-refractivity contribution in [1.29, 1.82) is 0 Å². The Morgan fingerprint density at radius 2 is 1.93 bits per heavy atom. The Kier molecular flexibility index (Phi) is 2.00. The minimum absolute atomic E-state index is 0.226. The van der Waals surface area contributed by atoms with E-state index < -0.39 is 0 Å². The number of phenols is 1. The molecule has 0 atom stereocenters. The summed E-state index contributed by atoms with van der Waals surface area (Å²) in [6.45, 7) is 3.62. The average Bonchev–Trinajstić information content (AvgIpc) is 2.46. The first-order valence-corrected chi connectivity index (χ1v) is 4.41. The number of para-hydroxylation sites is 1. The van der Waals surface area contributed by atoms with E-state index in [1.165, 1.54) is 0 Å². The molecule has 3 nitrogen and oxygen atoms in total. The van der Waals surface area contributed by atoms with Gasteiger partial charge in [-0.3, -0.25) is 0 Å². The molecule has 0 spiro atoms. The summed E-state index contributed by atoms with van der Waals surface area (Å²) in [7, 11) is 0. The fraction of sp³-hybridized carbons (Fsp3) is 0.182. The topological polar surface area (TPSA) is 46.3 Å². The summed E-state index contributed by atoms with van der Waals surface area (Å²) in [5.74, 6) is 1.56. The number of phenolic OH excluding ortho intramolecular Hbond substituents is 1. The number of nitrogens with zero attached hydrogens (tertiary/aromatic N) is 1. The zero-order valence-corrected chi connectivity index (χ0v) is 8.11. The molecule has 0 aliphatic carbocycles. The molecule has 2 aromatic rings. The smallest absolute Gasteiger partial charge is 0.191 e. The van der Waals surface area contributed by atoms with Gasteiger partial charge in [0.1, 0.15) is 17.2 Å². The van der Waals surface area contributed by atoms with Gasteiger partial charge in [-0.05, 0) is 19.1 Å². The van der Waals surface area contributed by atoms with Crippen molar-refractivity contribution in [3.63, 3.8) is 0 Å². The van der Waals surface area contributed by atoms with Gasteiger partial charge in [0.05, 0.1) is 0 Å². The number of rotatable bonds is 1. The van der Waals surface area contributed by atoms with E-state index in [0.717, 1.165) is 5.76 Å². The van der Waals surface area contributed by atoms with Gasteiger partial charge in [0.2, 0.25) is 0 Å². The maximum atomic E-state index is 9.62. The molecular weight excluding hydrogens is 178 g/mol. The van der Waals surface area contributed by atoms with E-state index >= 15 is 0 Å². The Morgan fingerprint density at radius 3 is 2.50 bits per heavy atom. The lowest BCUT2D eigenvalue weighted by atomic mass is 10.1. The fourth-order valence-corrected chi connectivity index (χ4v) is 1.45. The van der Waals surface area contributed by atoms with Gasteiger partial charge in [-0.1, -0.05) is 12.1 Å². The zero-order chi connectivity index (χ0) is 10.1. The first-order chi connectivity index (χ1) is 6.68. The van der Waals surface area contributed by atoms with Crippen LogP contribution in [-0.2, 0) is 0 Å². The third-order valence-electron chi connectivity index (χ3n) is 2.06. The number of hydrogen-bond acceptors (Lipinski definition) is 3. The quantitative estimate of drug-likeness (QED) is 0.750. The van der Waals surface area contributed by atoms with E-state index in [2.05, 4.69) is 4.98 Å². The monoisotopic (exact) mass is 189 g/mol. The van der Waals surface area contributed by atoms with Crippen LogP contribution in [0.4, 0.5) is 0 Å². The number of hydrogen-bond donors (Lipinski definition) is 1. The summed E-state index contributed by atoms with van der Waals surface area (Å²) in [5.41, 5.74) is 1.42. The van der Waals surface area contributed by atoms with Crippen LogP contribution in [0.2, 0.25) is 0 Å². The van der Waals surface area contributed by atoms with Gasteiger partial charge in [0.25, 0.3) is 0 Å². The molecule has 0 fully saturated rings. The second-order valence-corrected chi connectivity index (χ2v) is 3.15. The van der Waals surface area contributed by atoms with Crippen LogP contribution >= 0.6 is 0 Å². The molecule has 0 saturated heterocycles. The van der Waals surface area contributed by atoms with Gasteiger partial charge in [-0.15, -0.1) is 0 Å². The van der Waals surface area contributed by atoms with Crippen LogP contribution in [-0.4, -0.2) is 10.1 Å². The predicted molar refractivity (Wildman–Crippen MR) is 53.1 cm³/mol. The average molecular weight is 189 g/mol. The van der Waals surface area contributed by atoms with Gasteiger partial charge < -0.3 is 9.52 Å². The Bertz CT molecular complexity index is 460. The molecular formula is C11H11NO2. The SMILES string of the molecule is Cc1nc(-c2ccccc2O)c(C)o1. The number of aromatic nitrogens is 1. The van der Waals surface area contributed by atoms with Crippen molar-refractivity contribution in [3.05, 3.63) is 35.9 Å². The summed E-state index contributed by atoms with van der Waals surface area (Å²) < 4.78 is 5.30. The minimum Gasteiger partial charge on any atom is -0.507 e. The van der Waals surface area contributed by atoms with Crippen LogP contribution in [0.25, 0.3) is 11.3 Å². The Hall–Kier alpha value is -1.77. The highest BCUT2D eigenvalue weighted by molar-refractivity contribution is 5.67. The van der Waals surface area contributed by atoms with E-state index in [1.54, 1.807) is 19.1 Å². The highest BCUT2D eigenvalue weighted by atomic mass is 16.4. The molecule has 0 aliphatic rings. The molecule has 72 valence electrons. The van der Waals surface area contributed by atoms with Crippen LogP contribution in [0, 0.1) is 13.8 Å². The number of oxazole rings is 1. The second kappa shape index (κ2) is 3.18. The highest BCUT2D eigenvalue weighted by Crippen LogP contribution is 2.30. The first-order valence-electron chi connectivity index (χ1n) is 4.41. The van der Waals surface area contributed by atoms with E-state index in [-0.39, 0.29) is 5.75 Å². The Balaban J connectivity index is 2.60. The molecule has 1 N–H and O–H groups in total. The lowest BCUT2D eigenvalue weighted by molar-refractivity contribution is 0.476. The van der Waals surface area contributed by atoms with Crippen LogP contribution in [0.1, 0.15) is 11.7 Å². The van der Waals surface area contributed by atoms with Crippen LogP contribution in [0.15, 0.2) is 28.7 Å². The second-order valence-electron chi connectivity index (χ2n) is 3.15. The van der Waals surface area contributed by atoms with Crippen molar-refractivity contribution < 1.29 is 9.52 Å². The molecule has 0 unspecified atom stereocenters. The molecule has 0 aliphatic heterocycles. The van der Waals surface area contributed by atoms with Gasteiger partial charge in [-0.2, -0.15) is 0 Å². The molecule has 0 bridgehead atoms. The van der Waals surface area contributed by atoms with Crippen molar-refractivity contribution in [2.24, 2.45) is 0 Å². The van der Waals surface area contributed by atoms with Crippen molar-refractivity contribution >= 4 is 0 Å².